The highest BCUT2D eigenvalue weighted by atomic mass is 16.4. The van der Waals surface area contributed by atoms with Gasteiger partial charge in [-0.2, -0.15) is 0 Å². The number of hydrogen-bond donors (Lipinski definition) is 2. The zero-order valence-electron chi connectivity index (χ0n) is 12.8. The Labute approximate surface area is 134 Å². The van der Waals surface area contributed by atoms with Crippen molar-refractivity contribution in [2.45, 2.75) is 32.1 Å². The van der Waals surface area contributed by atoms with Gasteiger partial charge in [-0.25, -0.2) is 0 Å². The molecule has 1 saturated carbocycles. The predicted octanol–water partition coefficient (Wildman–Crippen LogP) is 2.25. The zero-order chi connectivity index (χ0) is 16.4. The highest BCUT2D eigenvalue weighted by molar-refractivity contribution is 5.97. The van der Waals surface area contributed by atoms with Crippen LogP contribution in [0.3, 0.4) is 0 Å². The van der Waals surface area contributed by atoms with Crippen molar-refractivity contribution in [3.05, 3.63) is 24.3 Å². The summed E-state index contributed by atoms with van der Waals surface area (Å²) in [4.78, 5) is 36.8. The molecule has 122 valence electrons. The van der Waals surface area contributed by atoms with Crippen molar-refractivity contribution in [2.24, 2.45) is 11.8 Å². The van der Waals surface area contributed by atoms with Crippen LogP contribution in [-0.4, -0.2) is 29.4 Å². The maximum absolute atomic E-state index is 12.3. The second-order valence-corrected chi connectivity index (χ2v) is 6.23. The fourth-order valence-corrected chi connectivity index (χ4v) is 3.36. The van der Waals surface area contributed by atoms with Crippen LogP contribution in [0.1, 0.15) is 32.1 Å². The van der Waals surface area contributed by atoms with Gasteiger partial charge >= 0.3 is 5.97 Å². The minimum absolute atomic E-state index is 0.105. The summed E-state index contributed by atoms with van der Waals surface area (Å²) in [6.07, 6.45) is 2.97. The summed E-state index contributed by atoms with van der Waals surface area (Å²) in [7, 11) is 0. The predicted molar refractivity (Wildman–Crippen MR) is 85.1 cm³/mol. The van der Waals surface area contributed by atoms with Crippen molar-refractivity contribution < 1.29 is 19.5 Å². The minimum atomic E-state index is -0.824. The third kappa shape index (κ3) is 3.36. The number of anilines is 2. The lowest BCUT2D eigenvalue weighted by Crippen LogP contribution is -2.24. The average molecular weight is 316 g/mol. The first kappa shape index (κ1) is 15.5. The Balaban J connectivity index is 1.65. The molecule has 0 radical (unpaired) electrons. The summed E-state index contributed by atoms with van der Waals surface area (Å²) in [5.74, 6) is -1.53. The molecule has 23 heavy (non-hydrogen) atoms. The molecule has 0 aromatic heterocycles. The van der Waals surface area contributed by atoms with Crippen molar-refractivity contribution in [3.8, 4) is 0 Å². The normalized spacial score (nSPS) is 24.0. The van der Waals surface area contributed by atoms with Gasteiger partial charge in [-0.05, 0) is 43.9 Å². The molecule has 1 heterocycles. The van der Waals surface area contributed by atoms with E-state index in [-0.39, 0.29) is 17.7 Å². The maximum atomic E-state index is 12.3. The van der Waals surface area contributed by atoms with Crippen LogP contribution in [0.4, 0.5) is 11.4 Å². The Hall–Kier alpha value is -2.37. The van der Waals surface area contributed by atoms with Crippen molar-refractivity contribution in [1.29, 1.82) is 0 Å². The fraction of sp³-hybridized carbons (Fsp3) is 0.471. The van der Waals surface area contributed by atoms with Gasteiger partial charge in [0.05, 0.1) is 5.92 Å². The van der Waals surface area contributed by atoms with Crippen LogP contribution in [0.5, 0.6) is 0 Å². The van der Waals surface area contributed by atoms with E-state index in [1.165, 1.54) is 0 Å². The maximum Gasteiger partial charge on any atom is 0.306 e. The molecule has 2 fully saturated rings. The van der Waals surface area contributed by atoms with Gasteiger partial charge in [0.15, 0.2) is 0 Å². The quantitative estimate of drug-likeness (QED) is 0.892. The molecular weight excluding hydrogens is 296 g/mol. The van der Waals surface area contributed by atoms with Gasteiger partial charge in [0.25, 0.3) is 0 Å². The molecule has 1 saturated heterocycles. The van der Waals surface area contributed by atoms with Gasteiger partial charge in [-0.3, -0.25) is 14.4 Å². The first-order chi connectivity index (χ1) is 11.0. The summed E-state index contributed by atoms with van der Waals surface area (Å²) < 4.78 is 0. The SMILES string of the molecule is O=C(O)[C@@H]1CC[C@H](C(=O)Nc2cccc(N3CCCC3=O)c2)C1. The van der Waals surface area contributed by atoms with Crippen molar-refractivity contribution in [1.82, 2.24) is 0 Å². The number of benzene rings is 1. The van der Waals surface area contributed by atoms with Crippen LogP contribution in [0.15, 0.2) is 24.3 Å². The van der Waals surface area contributed by atoms with E-state index >= 15 is 0 Å². The highest BCUT2D eigenvalue weighted by Crippen LogP contribution is 2.32. The van der Waals surface area contributed by atoms with E-state index < -0.39 is 11.9 Å². The molecule has 2 N–H and O–H groups in total. The standard InChI is InChI=1S/C17H20N2O4/c20-15-5-2-8-19(15)14-4-1-3-13(10-14)18-16(21)11-6-7-12(9-11)17(22)23/h1,3-4,10-12H,2,5-9H2,(H,18,21)(H,22,23)/t11-,12+/m0/s1. The summed E-state index contributed by atoms with van der Waals surface area (Å²) in [6.45, 7) is 0.707. The summed E-state index contributed by atoms with van der Waals surface area (Å²) in [6, 6.07) is 7.25. The highest BCUT2D eigenvalue weighted by Gasteiger charge is 2.33. The van der Waals surface area contributed by atoms with E-state index in [0.29, 0.717) is 37.9 Å². The zero-order valence-corrected chi connectivity index (χ0v) is 12.8. The molecule has 6 heteroatoms. The Morgan fingerprint density at radius 3 is 2.65 bits per heavy atom. The second-order valence-electron chi connectivity index (χ2n) is 6.23. The van der Waals surface area contributed by atoms with Gasteiger partial charge in [0.1, 0.15) is 0 Å². The number of carboxylic acid groups (broad SMARTS) is 1. The Bertz CT molecular complexity index is 643. The van der Waals surface area contributed by atoms with Gasteiger partial charge in [-0.1, -0.05) is 6.07 Å². The Kier molecular flexibility index (Phi) is 4.32. The first-order valence-corrected chi connectivity index (χ1v) is 7.98. The van der Waals surface area contributed by atoms with Gasteiger partial charge in [0, 0.05) is 30.3 Å². The summed E-state index contributed by atoms with van der Waals surface area (Å²) >= 11 is 0. The van der Waals surface area contributed by atoms with E-state index in [1.54, 1.807) is 17.0 Å². The van der Waals surface area contributed by atoms with Gasteiger partial charge < -0.3 is 15.3 Å². The number of nitrogens with zero attached hydrogens (tertiary/aromatic N) is 1. The van der Waals surface area contributed by atoms with Gasteiger partial charge in [0.2, 0.25) is 11.8 Å². The molecule has 0 unspecified atom stereocenters. The lowest BCUT2D eigenvalue weighted by Gasteiger charge is -2.17. The van der Waals surface area contributed by atoms with Crippen molar-refractivity contribution >= 4 is 29.2 Å². The molecule has 1 aromatic rings. The molecule has 2 aliphatic rings. The molecule has 0 spiro atoms. The van der Waals surface area contributed by atoms with Crippen molar-refractivity contribution in [2.75, 3.05) is 16.8 Å². The van der Waals surface area contributed by atoms with E-state index in [4.69, 9.17) is 5.11 Å². The van der Waals surface area contributed by atoms with Crippen LogP contribution in [0.2, 0.25) is 0 Å². The van der Waals surface area contributed by atoms with Crippen molar-refractivity contribution in [3.63, 3.8) is 0 Å². The number of carboxylic acids is 1. The topological polar surface area (TPSA) is 86.7 Å². The summed E-state index contributed by atoms with van der Waals surface area (Å²) in [5, 5.41) is 11.9. The number of nitrogens with one attached hydrogen (secondary N) is 1. The number of carbonyl (C=O) groups is 3. The molecule has 1 aromatic carbocycles. The molecule has 0 bridgehead atoms. The Morgan fingerprint density at radius 2 is 2.00 bits per heavy atom. The average Bonchev–Trinajstić information content (AvgIpc) is 3.16. The largest absolute Gasteiger partial charge is 0.481 e. The Morgan fingerprint density at radius 1 is 1.22 bits per heavy atom. The minimum Gasteiger partial charge on any atom is -0.481 e. The second kappa shape index (κ2) is 6.40. The van der Waals surface area contributed by atoms with Crippen LogP contribution >= 0.6 is 0 Å². The summed E-state index contributed by atoms with van der Waals surface area (Å²) in [5.41, 5.74) is 1.44. The molecule has 1 aliphatic carbocycles. The molecule has 2 atom stereocenters. The van der Waals surface area contributed by atoms with Crippen LogP contribution in [-0.2, 0) is 14.4 Å². The third-order valence-corrected chi connectivity index (χ3v) is 4.65. The smallest absolute Gasteiger partial charge is 0.306 e. The van der Waals surface area contributed by atoms with E-state index in [9.17, 15) is 14.4 Å². The number of rotatable bonds is 4. The van der Waals surface area contributed by atoms with E-state index in [0.717, 1.165) is 12.1 Å². The number of aliphatic carboxylic acids is 1. The monoisotopic (exact) mass is 316 g/mol. The van der Waals surface area contributed by atoms with Crippen LogP contribution in [0.25, 0.3) is 0 Å². The van der Waals surface area contributed by atoms with Crippen LogP contribution in [0, 0.1) is 11.8 Å². The lowest BCUT2D eigenvalue weighted by molar-refractivity contribution is -0.141. The lowest BCUT2D eigenvalue weighted by atomic mass is 10.0. The fourth-order valence-electron chi connectivity index (χ4n) is 3.36. The van der Waals surface area contributed by atoms with Crippen LogP contribution < -0.4 is 10.2 Å². The molecular formula is C17H20N2O4. The molecule has 1 aliphatic heterocycles. The number of carbonyl (C=O) groups excluding carboxylic acids is 2. The van der Waals surface area contributed by atoms with E-state index in [2.05, 4.69) is 5.32 Å². The van der Waals surface area contributed by atoms with E-state index in [1.807, 2.05) is 12.1 Å². The third-order valence-electron chi connectivity index (χ3n) is 4.65. The number of hydrogen-bond acceptors (Lipinski definition) is 3. The number of amides is 2. The molecule has 6 nitrogen and oxygen atoms in total. The molecule has 2 amide bonds. The first-order valence-electron chi connectivity index (χ1n) is 7.98. The molecule has 3 rings (SSSR count). The van der Waals surface area contributed by atoms with Gasteiger partial charge in [-0.15, -0.1) is 0 Å².